The van der Waals surface area contributed by atoms with Crippen LogP contribution in [0.3, 0.4) is 0 Å². The minimum Gasteiger partial charge on any atom is -0.366 e. The number of hydrogen-bond acceptors (Lipinski definition) is 4. The number of sulfonamides is 1. The summed E-state index contributed by atoms with van der Waals surface area (Å²) in [4.78, 5) is 13.2. The lowest BCUT2D eigenvalue weighted by Gasteiger charge is -2.31. The van der Waals surface area contributed by atoms with Gasteiger partial charge in [-0.2, -0.15) is 4.31 Å². The molecule has 0 aromatic heterocycles. The molecule has 0 spiro atoms. The second-order valence-corrected chi connectivity index (χ2v) is 6.53. The number of carbonyl (C=O) groups is 1. The molecule has 1 aromatic carbocycles. The smallest absolute Gasteiger partial charge is 0.248 e. The number of rotatable bonds is 3. The van der Waals surface area contributed by atoms with Crippen LogP contribution in [0.4, 0.5) is 0 Å². The summed E-state index contributed by atoms with van der Waals surface area (Å²) in [6.45, 7) is 2.41. The van der Waals surface area contributed by atoms with E-state index in [1.165, 1.54) is 28.6 Å². The Morgan fingerprint density at radius 3 is 2.11 bits per heavy atom. The van der Waals surface area contributed by atoms with Gasteiger partial charge in [-0.25, -0.2) is 8.42 Å². The van der Waals surface area contributed by atoms with Crippen LogP contribution in [0.1, 0.15) is 10.4 Å². The summed E-state index contributed by atoms with van der Waals surface area (Å²) in [7, 11) is -1.51. The molecule has 6 nitrogen and oxygen atoms in total. The van der Waals surface area contributed by atoms with Crippen LogP contribution in [0.25, 0.3) is 0 Å². The van der Waals surface area contributed by atoms with Crippen molar-refractivity contribution in [2.75, 3.05) is 33.2 Å². The van der Waals surface area contributed by atoms with E-state index in [1.54, 1.807) is 0 Å². The summed E-state index contributed by atoms with van der Waals surface area (Å²) in [6, 6.07) is 5.72. The molecular weight excluding hydrogens is 266 g/mol. The van der Waals surface area contributed by atoms with Crippen LogP contribution < -0.4 is 5.73 Å². The maximum atomic E-state index is 12.4. The Labute approximate surface area is 112 Å². The number of piperazine rings is 1. The van der Waals surface area contributed by atoms with Gasteiger partial charge >= 0.3 is 0 Å². The third-order valence-electron chi connectivity index (χ3n) is 3.24. The van der Waals surface area contributed by atoms with Gasteiger partial charge in [-0.15, -0.1) is 0 Å². The summed E-state index contributed by atoms with van der Waals surface area (Å²) in [5.74, 6) is -0.566. The number of nitrogens with two attached hydrogens (primary N) is 1. The number of amides is 1. The van der Waals surface area contributed by atoms with Gasteiger partial charge in [0.25, 0.3) is 0 Å². The molecule has 1 aromatic rings. The largest absolute Gasteiger partial charge is 0.366 e. The molecule has 19 heavy (non-hydrogen) atoms. The first-order valence-electron chi connectivity index (χ1n) is 6.00. The standard InChI is InChI=1S/C12H17N3O3S/c1-14-6-8-15(9-7-14)19(17,18)11-4-2-10(3-5-11)12(13)16/h2-5H,6-9H2,1H3,(H2,13,16). The number of hydrogen-bond donors (Lipinski definition) is 1. The number of benzene rings is 1. The Balaban J connectivity index is 2.22. The Kier molecular flexibility index (Phi) is 3.88. The Bertz CT molecular complexity index is 560. The maximum absolute atomic E-state index is 12.4. The highest BCUT2D eigenvalue weighted by Gasteiger charge is 2.27. The van der Waals surface area contributed by atoms with E-state index in [0.29, 0.717) is 18.7 Å². The van der Waals surface area contributed by atoms with Crippen molar-refractivity contribution >= 4 is 15.9 Å². The van der Waals surface area contributed by atoms with Crippen LogP contribution in [0.5, 0.6) is 0 Å². The molecular formula is C12H17N3O3S. The van der Waals surface area contributed by atoms with Gasteiger partial charge in [-0.05, 0) is 31.3 Å². The van der Waals surface area contributed by atoms with Crippen LogP contribution in [0.2, 0.25) is 0 Å². The molecule has 2 N–H and O–H groups in total. The van der Waals surface area contributed by atoms with Crippen molar-refractivity contribution in [3.8, 4) is 0 Å². The lowest BCUT2D eigenvalue weighted by atomic mass is 10.2. The molecule has 0 atom stereocenters. The van der Waals surface area contributed by atoms with E-state index in [4.69, 9.17) is 5.73 Å². The quantitative estimate of drug-likeness (QED) is 0.827. The molecule has 1 aliphatic rings. The lowest BCUT2D eigenvalue weighted by molar-refractivity contribution is 0.1000. The third kappa shape index (κ3) is 2.94. The first-order valence-corrected chi connectivity index (χ1v) is 7.44. The molecule has 0 radical (unpaired) electrons. The van der Waals surface area contributed by atoms with Gasteiger partial charge in [-0.1, -0.05) is 0 Å². The second kappa shape index (κ2) is 5.28. The maximum Gasteiger partial charge on any atom is 0.248 e. The molecule has 1 heterocycles. The number of nitrogens with zero attached hydrogens (tertiary/aromatic N) is 2. The van der Waals surface area contributed by atoms with Crippen molar-refractivity contribution in [1.82, 2.24) is 9.21 Å². The Hall–Kier alpha value is -1.44. The van der Waals surface area contributed by atoms with Gasteiger partial charge in [0.15, 0.2) is 0 Å². The first-order chi connectivity index (χ1) is 8.91. The van der Waals surface area contributed by atoms with Gasteiger partial charge in [0.2, 0.25) is 15.9 Å². The number of primary amides is 1. The molecule has 0 aliphatic carbocycles. The highest BCUT2D eigenvalue weighted by atomic mass is 32.2. The monoisotopic (exact) mass is 283 g/mol. The Morgan fingerprint density at radius 1 is 1.11 bits per heavy atom. The predicted octanol–water partition coefficient (Wildman–Crippen LogP) is -0.278. The number of likely N-dealkylation sites (N-methyl/N-ethyl adjacent to an activating group) is 1. The fraction of sp³-hybridized carbons (Fsp3) is 0.417. The SMILES string of the molecule is CN1CCN(S(=O)(=O)c2ccc(C(N)=O)cc2)CC1. The van der Waals surface area contributed by atoms with E-state index in [-0.39, 0.29) is 4.90 Å². The Morgan fingerprint density at radius 2 is 1.63 bits per heavy atom. The van der Waals surface area contributed by atoms with E-state index >= 15 is 0 Å². The van der Waals surface area contributed by atoms with Crippen molar-refractivity contribution < 1.29 is 13.2 Å². The molecule has 104 valence electrons. The minimum absolute atomic E-state index is 0.196. The number of carbonyl (C=O) groups excluding carboxylic acids is 1. The van der Waals surface area contributed by atoms with Crippen LogP contribution in [0.15, 0.2) is 29.2 Å². The molecule has 7 heteroatoms. The zero-order chi connectivity index (χ0) is 14.0. The molecule has 0 saturated carbocycles. The molecule has 0 bridgehead atoms. The second-order valence-electron chi connectivity index (χ2n) is 4.60. The molecule has 2 rings (SSSR count). The van der Waals surface area contributed by atoms with Crippen LogP contribution >= 0.6 is 0 Å². The van der Waals surface area contributed by atoms with Crippen molar-refractivity contribution in [3.05, 3.63) is 29.8 Å². The molecule has 1 saturated heterocycles. The van der Waals surface area contributed by atoms with Crippen molar-refractivity contribution in [2.24, 2.45) is 5.73 Å². The van der Waals surface area contributed by atoms with E-state index < -0.39 is 15.9 Å². The highest BCUT2D eigenvalue weighted by molar-refractivity contribution is 7.89. The van der Waals surface area contributed by atoms with Gasteiger partial charge in [0.1, 0.15) is 0 Å². The zero-order valence-corrected chi connectivity index (χ0v) is 11.6. The lowest BCUT2D eigenvalue weighted by Crippen LogP contribution is -2.47. The molecule has 1 fully saturated rings. The topological polar surface area (TPSA) is 83.7 Å². The van der Waals surface area contributed by atoms with Gasteiger partial charge in [-0.3, -0.25) is 4.79 Å². The summed E-state index contributed by atoms with van der Waals surface area (Å²) >= 11 is 0. The molecule has 1 amide bonds. The van der Waals surface area contributed by atoms with Gasteiger partial charge < -0.3 is 10.6 Å². The summed E-state index contributed by atoms with van der Waals surface area (Å²) in [5, 5.41) is 0. The van der Waals surface area contributed by atoms with E-state index in [0.717, 1.165) is 13.1 Å². The van der Waals surface area contributed by atoms with Gasteiger partial charge in [0, 0.05) is 31.7 Å². The third-order valence-corrected chi connectivity index (χ3v) is 5.15. The average molecular weight is 283 g/mol. The van der Waals surface area contributed by atoms with Crippen molar-refractivity contribution in [2.45, 2.75) is 4.90 Å². The van der Waals surface area contributed by atoms with Crippen LogP contribution in [-0.4, -0.2) is 56.8 Å². The van der Waals surface area contributed by atoms with E-state index in [2.05, 4.69) is 4.90 Å². The zero-order valence-electron chi connectivity index (χ0n) is 10.7. The van der Waals surface area contributed by atoms with E-state index in [9.17, 15) is 13.2 Å². The summed E-state index contributed by atoms with van der Waals surface area (Å²) in [5.41, 5.74) is 5.43. The fourth-order valence-electron chi connectivity index (χ4n) is 1.97. The first kappa shape index (κ1) is 14.0. The minimum atomic E-state index is -3.47. The highest BCUT2D eigenvalue weighted by Crippen LogP contribution is 2.17. The molecule has 0 unspecified atom stereocenters. The molecule has 1 aliphatic heterocycles. The van der Waals surface area contributed by atoms with Crippen molar-refractivity contribution in [3.63, 3.8) is 0 Å². The predicted molar refractivity (Wildman–Crippen MR) is 71.2 cm³/mol. The normalized spacial score (nSPS) is 18.4. The van der Waals surface area contributed by atoms with E-state index in [1.807, 2.05) is 7.05 Å². The van der Waals surface area contributed by atoms with Gasteiger partial charge in [0.05, 0.1) is 4.90 Å². The fourth-order valence-corrected chi connectivity index (χ4v) is 3.39. The summed E-state index contributed by atoms with van der Waals surface area (Å²) < 4.78 is 26.2. The van der Waals surface area contributed by atoms with Crippen LogP contribution in [-0.2, 0) is 10.0 Å². The summed E-state index contributed by atoms with van der Waals surface area (Å²) in [6.07, 6.45) is 0. The van der Waals surface area contributed by atoms with Crippen molar-refractivity contribution in [1.29, 1.82) is 0 Å². The van der Waals surface area contributed by atoms with Crippen LogP contribution in [0, 0.1) is 0 Å². The average Bonchev–Trinajstić information content (AvgIpc) is 2.39.